The summed E-state index contributed by atoms with van der Waals surface area (Å²) in [5, 5.41) is 4.30. The first-order valence-electron chi connectivity index (χ1n) is 7.12. The number of hydrogen-bond acceptors (Lipinski definition) is 2. The van der Waals surface area contributed by atoms with Crippen molar-refractivity contribution in [2.24, 2.45) is 0 Å². The molecule has 0 amide bonds. The van der Waals surface area contributed by atoms with Crippen LogP contribution in [0.5, 0.6) is 5.75 Å². The fraction of sp³-hybridized carbons (Fsp3) is 0.294. The van der Waals surface area contributed by atoms with Crippen LogP contribution < -0.4 is 10.1 Å². The SMILES string of the molecule is CCNC1CC(c2ccc(Cl)cc2)Oc2cc(Br)ccc21. The van der Waals surface area contributed by atoms with Gasteiger partial charge in [-0.3, -0.25) is 0 Å². The average Bonchev–Trinajstić information content (AvgIpc) is 2.47. The molecule has 0 saturated heterocycles. The molecule has 2 aromatic carbocycles. The number of fused-ring (bicyclic) bond motifs is 1. The summed E-state index contributed by atoms with van der Waals surface area (Å²) in [6, 6.07) is 14.5. The molecule has 0 bridgehead atoms. The summed E-state index contributed by atoms with van der Waals surface area (Å²) in [7, 11) is 0. The molecule has 3 rings (SSSR count). The second-order valence-electron chi connectivity index (χ2n) is 5.19. The first kappa shape index (κ1) is 14.9. The molecule has 0 aromatic heterocycles. The summed E-state index contributed by atoms with van der Waals surface area (Å²) >= 11 is 9.49. The molecule has 0 radical (unpaired) electrons. The molecule has 1 heterocycles. The van der Waals surface area contributed by atoms with Gasteiger partial charge in [0.25, 0.3) is 0 Å². The van der Waals surface area contributed by atoms with Crippen molar-refractivity contribution in [1.82, 2.24) is 5.32 Å². The number of hydrogen-bond donors (Lipinski definition) is 1. The highest BCUT2D eigenvalue weighted by atomic mass is 79.9. The van der Waals surface area contributed by atoms with Crippen molar-refractivity contribution in [2.45, 2.75) is 25.5 Å². The quantitative estimate of drug-likeness (QED) is 0.798. The molecule has 1 aliphatic heterocycles. The highest BCUT2D eigenvalue weighted by Crippen LogP contribution is 2.42. The van der Waals surface area contributed by atoms with E-state index in [9.17, 15) is 0 Å². The van der Waals surface area contributed by atoms with Gasteiger partial charge in [0.05, 0.1) is 0 Å². The summed E-state index contributed by atoms with van der Waals surface area (Å²) < 4.78 is 7.24. The molecule has 2 aromatic rings. The molecule has 0 fully saturated rings. The van der Waals surface area contributed by atoms with E-state index in [2.05, 4.69) is 40.3 Å². The molecule has 1 aliphatic rings. The molecular weight excluding hydrogens is 350 g/mol. The summed E-state index contributed by atoms with van der Waals surface area (Å²) in [5.41, 5.74) is 2.39. The van der Waals surface area contributed by atoms with Gasteiger partial charge in [-0.1, -0.05) is 52.7 Å². The lowest BCUT2D eigenvalue weighted by atomic mass is 9.93. The van der Waals surface area contributed by atoms with E-state index >= 15 is 0 Å². The molecule has 0 saturated carbocycles. The maximum Gasteiger partial charge on any atom is 0.126 e. The van der Waals surface area contributed by atoms with Crippen LogP contribution in [-0.4, -0.2) is 6.54 Å². The standard InChI is InChI=1S/C17H17BrClNO/c1-2-20-15-10-16(11-3-6-13(19)7-4-11)21-17-9-12(18)5-8-14(15)17/h3-9,15-16,20H,2,10H2,1H3. The van der Waals surface area contributed by atoms with Crippen LogP contribution in [0.4, 0.5) is 0 Å². The maximum atomic E-state index is 6.20. The first-order valence-corrected chi connectivity index (χ1v) is 8.29. The highest BCUT2D eigenvalue weighted by molar-refractivity contribution is 9.10. The Morgan fingerprint density at radius 2 is 2.00 bits per heavy atom. The zero-order valence-electron chi connectivity index (χ0n) is 11.8. The van der Waals surface area contributed by atoms with Gasteiger partial charge in [0.2, 0.25) is 0 Å². The number of nitrogens with one attached hydrogen (secondary N) is 1. The normalized spacial score (nSPS) is 20.7. The minimum Gasteiger partial charge on any atom is -0.485 e. The molecule has 110 valence electrons. The van der Waals surface area contributed by atoms with Crippen LogP contribution in [0, 0.1) is 0 Å². The second kappa shape index (κ2) is 6.39. The molecular formula is C17H17BrClNO. The third-order valence-electron chi connectivity index (χ3n) is 3.76. The molecule has 4 heteroatoms. The van der Waals surface area contributed by atoms with Crippen molar-refractivity contribution >= 4 is 27.5 Å². The Bertz CT molecular complexity index is 629. The maximum absolute atomic E-state index is 6.20. The van der Waals surface area contributed by atoms with Crippen molar-refractivity contribution in [2.75, 3.05) is 6.54 Å². The van der Waals surface area contributed by atoms with E-state index in [1.165, 1.54) is 5.56 Å². The van der Waals surface area contributed by atoms with Crippen LogP contribution in [0.25, 0.3) is 0 Å². The fourth-order valence-corrected chi connectivity index (χ4v) is 3.23. The van der Waals surface area contributed by atoms with E-state index in [0.29, 0.717) is 6.04 Å². The summed E-state index contributed by atoms with van der Waals surface area (Å²) in [6.07, 6.45) is 0.970. The largest absolute Gasteiger partial charge is 0.485 e. The third-order valence-corrected chi connectivity index (χ3v) is 4.51. The van der Waals surface area contributed by atoms with Crippen LogP contribution >= 0.6 is 27.5 Å². The minimum atomic E-state index is 0.0492. The van der Waals surface area contributed by atoms with E-state index in [1.807, 2.05) is 30.3 Å². The first-order chi connectivity index (χ1) is 10.2. The van der Waals surface area contributed by atoms with Gasteiger partial charge in [-0.2, -0.15) is 0 Å². The molecule has 0 aliphatic carbocycles. The minimum absolute atomic E-state index is 0.0492. The molecule has 1 N–H and O–H groups in total. The summed E-state index contributed by atoms with van der Waals surface area (Å²) in [4.78, 5) is 0. The van der Waals surface area contributed by atoms with Gasteiger partial charge in [0.15, 0.2) is 0 Å². The van der Waals surface area contributed by atoms with Gasteiger partial charge in [-0.05, 0) is 36.4 Å². The third kappa shape index (κ3) is 3.25. The second-order valence-corrected chi connectivity index (χ2v) is 6.54. The van der Waals surface area contributed by atoms with Crippen LogP contribution in [0.1, 0.15) is 36.6 Å². The number of rotatable bonds is 3. The van der Waals surface area contributed by atoms with Gasteiger partial charge in [-0.25, -0.2) is 0 Å². The zero-order chi connectivity index (χ0) is 14.8. The predicted molar refractivity (Wildman–Crippen MR) is 90.0 cm³/mol. The van der Waals surface area contributed by atoms with E-state index in [0.717, 1.165) is 33.8 Å². The van der Waals surface area contributed by atoms with Crippen molar-refractivity contribution in [3.8, 4) is 5.75 Å². The number of benzene rings is 2. The summed E-state index contributed by atoms with van der Waals surface area (Å²) in [5.74, 6) is 0.946. The monoisotopic (exact) mass is 365 g/mol. The average molecular weight is 367 g/mol. The van der Waals surface area contributed by atoms with Crippen molar-refractivity contribution in [3.63, 3.8) is 0 Å². The molecule has 0 spiro atoms. The molecule has 2 unspecified atom stereocenters. The Morgan fingerprint density at radius 3 is 2.71 bits per heavy atom. The Kier molecular flexibility index (Phi) is 4.53. The summed E-state index contributed by atoms with van der Waals surface area (Å²) in [6.45, 7) is 3.07. The highest BCUT2D eigenvalue weighted by Gasteiger charge is 2.28. The van der Waals surface area contributed by atoms with E-state index in [-0.39, 0.29) is 6.10 Å². The van der Waals surface area contributed by atoms with Crippen LogP contribution in [0.15, 0.2) is 46.9 Å². The molecule has 2 atom stereocenters. The van der Waals surface area contributed by atoms with Gasteiger partial charge in [-0.15, -0.1) is 0 Å². The van der Waals surface area contributed by atoms with Gasteiger partial charge >= 0.3 is 0 Å². The lowest BCUT2D eigenvalue weighted by molar-refractivity contribution is 0.152. The number of halogens is 2. The van der Waals surface area contributed by atoms with Crippen molar-refractivity contribution in [1.29, 1.82) is 0 Å². The van der Waals surface area contributed by atoms with Crippen molar-refractivity contribution < 1.29 is 4.74 Å². The Morgan fingerprint density at radius 1 is 1.24 bits per heavy atom. The zero-order valence-corrected chi connectivity index (χ0v) is 14.1. The Hall–Kier alpha value is -1.03. The van der Waals surface area contributed by atoms with E-state index in [4.69, 9.17) is 16.3 Å². The van der Waals surface area contributed by atoms with E-state index in [1.54, 1.807) is 0 Å². The number of ether oxygens (including phenoxy) is 1. The van der Waals surface area contributed by atoms with Crippen LogP contribution in [0.3, 0.4) is 0 Å². The Balaban J connectivity index is 1.94. The lowest BCUT2D eigenvalue weighted by Crippen LogP contribution is -2.29. The van der Waals surface area contributed by atoms with Gasteiger partial charge in [0, 0.05) is 27.5 Å². The van der Waals surface area contributed by atoms with Crippen LogP contribution in [0.2, 0.25) is 5.02 Å². The van der Waals surface area contributed by atoms with Crippen LogP contribution in [-0.2, 0) is 0 Å². The van der Waals surface area contributed by atoms with E-state index < -0.39 is 0 Å². The van der Waals surface area contributed by atoms with Gasteiger partial charge in [0.1, 0.15) is 11.9 Å². The molecule has 2 nitrogen and oxygen atoms in total. The molecule has 21 heavy (non-hydrogen) atoms. The topological polar surface area (TPSA) is 21.3 Å². The van der Waals surface area contributed by atoms with Gasteiger partial charge < -0.3 is 10.1 Å². The smallest absolute Gasteiger partial charge is 0.126 e. The predicted octanol–water partition coefficient (Wildman–Crippen LogP) is 5.28. The van der Waals surface area contributed by atoms with Crippen molar-refractivity contribution in [3.05, 3.63) is 63.1 Å². The lowest BCUT2D eigenvalue weighted by Gasteiger charge is -2.33. The fourth-order valence-electron chi connectivity index (χ4n) is 2.76. The Labute approximate surface area is 138 Å².